The minimum atomic E-state index is -0.625. The summed E-state index contributed by atoms with van der Waals surface area (Å²) in [5.41, 5.74) is 1.63. The Hall–Kier alpha value is -2.19. The number of halogens is 2. The van der Waals surface area contributed by atoms with Crippen molar-refractivity contribution < 1.29 is 23.2 Å². The first kappa shape index (κ1) is 17.6. The molecule has 0 bridgehead atoms. The van der Waals surface area contributed by atoms with Crippen molar-refractivity contribution in [3.05, 3.63) is 68.8 Å². The molecule has 1 aliphatic heterocycles. The largest absolute Gasteiger partial charge is 0.467 e. The highest BCUT2D eigenvalue weighted by atomic mass is 32.2. The molecule has 0 spiro atoms. The molecule has 2 aromatic rings. The van der Waals surface area contributed by atoms with Crippen LogP contribution in [0, 0.1) is 21.7 Å². The minimum Gasteiger partial charge on any atom is -0.467 e. The van der Waals surface area contributed by atoms with Gasteiger partial charge in [-0.15, -0.1) is 11.8 Å². The smallest absolute Gasteiger partial charge is 0.270 e. The first-order valence-corrected chi connectivity index (χ1v) is 8.58. The summed E-state index contributed by atoms with van der Waals surface area (Å²) in [6, 6.07) is 6.37. The number of thioether (sulfide) groups is 1. The van der Waals surface area contributed by atoms with Crippen LogP contribution in [-0.2, 0) is 17.1 Å². The minimum absolute atomic E-state index is 0.0379. The number of rotatable bonds is 5. The third-order valence-corrected chi connectivity index (χ3v) is 5.10. The highest BCUT2D eigenvalue weighted by molar-refractivity contribution is 7.98. The van der Waals surface area contributed by atoms with Gasteiger partial charge in [0, 0.05) is 45.9 Å². The molecule has 2 aromatic carbocycles. The van der Waals surface area contributed by atoms with Gasteiger partial charge in [0.1, 0.15) is 17.4 Å². The summed E-state index contributed by atoms with van der Waals surface area (Å²) < 4.78 is 37.6. The summed E-state index contributed by atoms with van der Waals surface area (Å²) in [6.07, 6.45) is 0. The number of hydrogen-bond donors (Lipinski definition) is 0. The zero-order valence-electron chi connectivity index (χ0n) is 13.3. The number of nitro groups is 1. The SMILES string of the molecule is C[C@H](SCc1cc([N+](=O)[O-])cc2c1OCOC2)c1ccc(F)cc1F. The van der Waals surface area contributed by atoms with E-state index in [9.17, 15) is 18.9 Å². The summed E-state index contributed by atoms with van der Waals surface area (Å²) >= 11 is 1.39. The molecule has 3 rings (SSSR count). The van der Waals surface area contributed by atoms with Gasteiger partial charge in [-0.3, -0.25) is 10.1 Å². The molecule has 0 saturated heterocycles. The van der Waals surface area contributed by atoms with E-state index in [1.54, 1.807) is 6.92 Å². The lowest BCUT2D eigenvalue weighted by Gasteiger charge is -2.21. The van der Waals surface area contributed by atoms with E-state index in [-0.39, 0.29) is 24.3 Å². The molecule has 5 nitrogen and oxygen atoms in total. The summed E-state index contributed by atoms with van der Waals surface area (Å²) in [6.45, 7) is 2.14. The lowest BCUT2D eigenvalue weighted by Crippen LogP contribution is -2.13. The molecule has 0 aromatic heterocycles. The number of nitrogens with zero attached hydrogens (tertiary/aromatic N) is 1. The Labute approximate surface area is 147 Å². The van der Waals surface area contributed by atoms with E-state index in [0.29, 0.717) is 28.2 Å². The van der Waals surface area contributed by atoms with Crippen LogP contribution in [0.4, 0.5) is 14.5 Å². The molecular weight excluding hydrogens is 352 g/mol. The fraction of sp³-hybridized carbons (Fsp3) is 0.294. The van der Waals surface area contributed by atoms with Gasteiger partial charge in [-0.1, -0.05) is 6.07 Å². The molecule has 8 heteroatoms. The molecule has 0 N–H and O–H groups in total. The predicted octanol–water partition coefficient (Wildman–Crippen LogP) is 4.73. The molecule has 0 unspecified atom stereocenters. The Morgan fingerprint density at radius 2 is 2.12 bits per heavy atom. The second-order valence-corrected chi connectivity index (χ2v) is 6.91. The zero-order chi connectivity index (χ0) is 18.0. The lowest BCUT2D eigenvalue weighted by atomic mass is 10.1. The fourth-order valence-corrected chi connectivity index (χ4v) is 3.64. The molecule has 1 heterocycles. The molecule has 1 atom stereocenters. The topological polar surface area (TPSA) is 61.6 Å². The van der Waals surface area contributed by atoms with Crippen LogP contribution in [0.15, 0.2) is 30.3 Å². The quantitative estimate of drug-likeness (QED) is 0.565. The zero-order valence-corrected chi connectivity index (χ0v) is 14.1. The standard InChI is InChI=1S/C17H15F2NO4S/c1-10(15-3-2-13(18)6-16(15)19)25-8-12-5-14(20(21)22)4-11-7-23-9-24-17(11)12/h2-6,10H,7-9H2,1H3/t10-/m0/s1. The molecule has 25 heavy (non-hydrogen) atoms. The molecule has 1 aliphatic rings. The highest BCUT2D eigenvalue weighted by Gasteiger charge is 2.22. The van der Waals surface area contributed by atoms with Crippen molar-refractivity contribution >= 4 is 17.4 Å². The molecule has 0 aliphatic carbocycles. The second-order valence-electron chi connectivity index (χ2n) is 5.58. The number of fused-ring (bicyclic) bond motifs is 1. The fourth-order valence-electron chi connectivity index (χ4n) is 2.63. The van der Waals surface area contributed by atoms with Crippen LogP contribution in [0.2, 0.25) is 0 Å². The van der Waals surface area contributed by atoms with E-state index < -0.39 is 16.6 Å². The van der Waals surface area contributed by atoms with Gasteiger partial charge in [-0.05, 0) is 13.0 Å². The normalized spacial score (nSPS) is 14.5. The summed E-state index contributed by atoms with van der Waals surface area (Å²) in [5.74, 6) is -0.261. The van der Waals surface area contributed by atoms with Crippen molar-refractivity contribution in [2.45, 2.75) is 24.5 Å². The first-order chi connectivity index (χ1) is 12.0. The molecular formula is C17H15F2NO4S. The van der Waals surface area contributed by atoms with Crippen molar-refractivity contribution in [2.75, 3.05) is 6.79 Å². The van der Waals surface area contributed by atoms with Gasteiger partial charge in [-0.2, -0.15) is 0 Å². The van der Waals surface area contributed by atoms with Crippen LogP contribution in [0.3, 0.4) is 0 Å². The Morgan fingerprint density at radius 1 is 1.32 bits per heavy atom. The summed E-state index contributed by atoms with van der Waals surface area (Å²) in [4.78, 5) is 10.6. The van der Waals surface area contributed by atoms with Gasteiger partial charge < -0.3 is 9.47 Å². The number of non-ortho nitro benzene ring substituents is 1. The maximum Gasteiger partial charge on any atom is 0.270 e. The lowest BCUT2D eigenvalue weighted by molar-refractivity contribution is -0.385. The monoisotopic (exact) mass is 367 g/mol. The van der Waals surface area contributed by atoms with E-state index >= 15 is 0 Å². The average Bonchev–Trinajstić information content (AvgIpc) is 2.59. The van der Waals surface area contributed by atoms with Gasteiger partial charge in [0.2, 0.25) is 0 Å². The Kier molecular flexibility index (Phi) is 5.19. The number of nitro benzene ring substituents is 1. The first-order valence-electron chi connectivity index (χ1n) is 7.53. The maximum absolute atomic E-state index is 13.9. The molecule has 0 fully saturated rings. The van der Waals surface area contributed by atoms with Crippen LogP contribution in [0.1, 0.15) is 28.9 Å². The molecule has 0 saturated carbocycles. The van der Waals surface area contributed by atoms with Crippen molar-refractivity contribution in [2.24, 2.45) is 0 Å². The van der Waals surface area contributed by atoms with Gasteiger partial charge in [-0.25, -0.2) is 8.78 Å². The van der Waals surface area contributed by atoms with E-state index in [0.717, 1.165) is 6.07 Å². The highest BCUT2D eigenvalue weighted by Crippen LogP contribution is 2.39. The number of benzene rings is 2. The van der Waals surface area contributed by atoms with Crippen LogP contribution in [0.5, 0.6) is 5.75 Å². The Balaban J connectivity index is 1.82. The van der Waals surface area contributed by atoms with Crippen LogP contribution < -0.4 is 4.74 Å². The molecule has 0 radical (unpaired) electrons. The van der Waals surface area contributed by atoms with E-state index in [1.165, 1.54) is 36.0 Å². The van der Waals surface area contributed by atoms with E-state index in [1.807, 2.05) is 0 Å². The molecule has 0 amide bonds. The van der Waals surface area contributed by atoms with E-state index in [2.05, 4.69) is 0 Å². The van der Waals surface area contributed by atoms with Crippen molar-refractivity contribution in [3.8, 4) is 5.75 Å². The Bertz CT molecular complexity index is 815. The van der Waals surface area contributed by atoms with Crippen molar-refractivity contribution in [1.82, 2.24) is 0 Å². The number of hydrogen-bond acceptors (Lipinski definition) is 5. The predicted molar refractivity (Wildman–Crippen MR) is 89.4 cm³/mol. The van der Waals surface area contributed by atoms with Crippen molar-refractivity contribution in [3.63, 3.8) is 0 Å². The van der Waals surface area contributed by atoms with Gasteiger partial charge in [0.05, 0.1) is 11.5 Å². The van der Waals surface area contributed by atoms with Gasteiger partial charge in [0.25, 0.3) is 5.69 Å². The van der Waals surface area contributed by atoms with Crippen LogP contribution >= 0.6 is 11.8 Å². The van der Waals surface area contributed by atoms with E-state index in [4.69, 9.17) is 9.47 Å². The van der Waals surface area contributed by atoms with Crippen molar-refractivity contribution in [1.29, 1.82) is 0 Å². The van der Waals surface area contributed by atoms with Crippen LogP contribution in [-0.4, -0.2) is 11.7 Å². The number of ether oxygens (including phenoxy) is 2. The summed E-state index contributed by atoms with van der Waals surface area (Å²) in [5, 5.41) is 10.9. The maximum atomic E-state index is 13.9. The van der Waals surface area contributed by atoms with Gasteiger partial charge >= 0.3 is 0 Å². The molecule has 132 valence electrons. The average molecular weight is 367 g/mol. The Morgan fingerprint density at radius 3 is 2.84 bits per heavy atom. The third kappa shape index (κ3) is 3.91. The third-order valence-electron chi connectivity index (χ3n) is 3.87. The summed E-state index contributed by atoms with van der Waals surface area (Å²) in [7, 11) is 0. The van der Waals surface area contributed by atoms with Gasteiger partial charge in [0.15, 0.2) is 6.79 Å². The van der Waals surface area contributed by atoms with Crippen LogP contribution in [0.25, 0.3) is 0 Å². The second kappa shape index (κ2) is 7.37.